The number of hydrogen-bond donors (Lipinski definition) is 2. The second kappa shape index (κ2) is 8.83. The molecule has 4 nitrogen and oxygen atoms in total. The first-order valence-corrected chi connectivity index (χ1v) is 9.41. The summed E-state index contributed by atoms with van der Waals surface area (Å²) in [6, 6.07) is 8.98. The van der Waals surface area contributed by atoms with Crippen molar-refractivity contribution < 1.29 is 0 Å². The fraction of sp³-hybridized carbons (Fsp3) is 0.474. The Morgan fingerprint density at radius 2 is 1.92 bits per heavy atom. The van der Waals surface area contributed by atoms with E-state index in [4.69, 9.17) is 4.99 Å². The summed E-state index contributed by atoms with van der Waals surface area (Å²) in [6.07, 6.45) is 1.07. The Hall–Kier alpha value is -1.88. The predicted molar refractivity (Wildman–Crippen MR) is 104 cm³/mol. The molecule has 130 valence electrons. The summed E-state index contributed by atoms with van der Waals surface area (Å²) in [5.74, 6) is 0.843. The molecule has 1 atom stereocenters. The molecule has 0 amide bonds. The lowest BCUT2D eigenvalue weighted by Gasteiger charge is -2.18. The van der Waals surface area contributed by atoms with Gasteiger partial charge in [-0.25, -0.2) is 9.98 Å². The van der Waals surface area contributed by atoms with Crippen LogP contribution in [0.2, 0.25) is 0 Å². The average molecular weight is 345 g/mol. The number of aromatic nitrogens is 1. The fourth-order valence-corrected chi connectivity index (χ4v) is 3.38. The van der Waals surface area contributed by atoms with Crippen molar-refractivity contribution in [2.45, 2.75) is 53.6 Å². The van der Waals surface area contributed by atoms with Crippen LogP contribution in [-0.4, -0.2) is 17.5 Å². The van der Waals surface area contributed by atoms with Crippen LogP contribution >= 0.6 is 11.3 Å². The highest BCUT2D eigenvalue weighted by molar-refractivity contribution is 7.11. The van der Waals surface area contributed by atoms with E-state index in [-0.39, 0.29) is 6.04 Å². The summed E-state index contributed by atoms with van der Waals surface area (Å²) < 4.78 is 0. The van der Waals surface area contributed by atoms with Crippen LogP contribution in [0, 0.1) is 13.8 Å². The topological polar surface area (TPSA) is 49.3 Å². The van der Waals surface area contributed by atoms with Crippen molar-refractivity contribution in [2.75, 3.05) is 6.54 Å². The van der Waals surface area contributed by atoms with E-state index in [0.717, 1.165) is 29.6 Å². The van der Waals surface area contributed by atoms with E-state index < -0.39 is 0 Å². The maximum Gasteiger partial charge on any atom is 0.192 e. The molecule has 2 rings (SSSR count). The monoisotopic (exact) mass is 344 g/mol. The zero-order valence-electron chi connectivity index (χ0n) is 15.3. The Balaban J connectivity index is 2.05. The fourth-order valence-electron chi connectivity index (χ4n) is 2.52. The first-order chi connectivity index (χ1) is 11.5. The van der Waals surface area contributed by atoms with Crippen LogP contribution in [0.5, 0.6) is 0 Å². The van der Waals surface area contributed by atoms with Gasteiger partial charge in [-0.3, -0.25) is 0 Å². The van der Waals surface area contributed by atoms with Crippen LogP contribution in [-0.2, 0) is 13.0 Å². The molecular formula is C19H28N4S. The lowest BCUT2D eigenvalue weighted by atomic mass is 10.1. The summed E-state index contributed by atoms with van der Waals surface area (Å²) in [7, 11) is 0. The van der Waals surface area contributed by atoms with Gasteiger partial charge >= 0.3 is 0 Å². The molecule has 2 aromatic rings. The van der Waals surface area contributed by atoms with E-state index in [1.54, 1.807) is 11.3 Å². The minimum Gasteiger partial charge on any atom is -0.357 e. The van der Waals surface area contributed by atoms with Crippen molar-refractivity contribution in [3.8, 4) is 0 Å². The molecule has 0 radical (unpaired) electrons. The van der Waals surface area contributed by atoms with Crippen LogP contribution in [0.3, 0.4) is 0 Å². The maximum atomic E-state index is 4.72. The smallest absolute Gasteiger partial charge is 0.192 e. The number of nitrogens with one attached hydrogen (secondary N) is 2. The van der Waals surface area contributed by atoms with Crippen molar-refractivity contribution in [3.05, 3.63) is 51.0 Å². The highest BCUT2D eigenvalue weighted by Crippen LogP contribution is 2.18. The summed E-state index contributed by atoms with van der Waals surface area (Å²) in [6.45, 7) is 12.0. The Morgan fingerprint density at radius 3 is 2.46 bits per heavy atom. The van der Waals surface area contributed by atoms with Gasteiger partial charge in [0.1, 0.15) is 0 Å². The lowest BCUT2D eigenvalue weighted by Crippen LogP contribution is -2.38. The molecule has 0 spiro atoms. The first kappa shape index (κ1) is 18.5. The minimum atomic E-state index is 0.206. The number of thiazole rings is 1. The molecule has 1 unspecified atom stereocenters. The van der Waals surface area contributed by atoms with Gasteiger partial charge in [-0.15, -0.1) is 11.3 Å². The minimum absolute atomic E-state index is 0.206. The molecule has 1 aromatic carbocycles. The summed E-state index contributed by atoms with van der Waals surface area (Å²) in [4.78, 5) is 10.4. The second-order valence-corrected chi connectivity index (χ2v) is 7.19. The Kier molecular flexibility index (Phi) is 6.79. The maximum absolute atomic E-state index is 4.72. The molecule has 0 aliphatic carbocycles. The summed E-state index contributed by atoms with van der Waals surface area (Å²) >= 11 is 1.72. The quantitative estimate of drug-likeness (QED) is 0.612. The van der Waals surface area contributed by atoms with Crippen LogP contribution in [0.1, 0.15) is 53.5 Å². The third-order valence-electron chi connectivity index (χ3n) is 3.97. The molecule has 2 N–H and O–H groups in total. The lowest BCUT2D eigenvalue weighted by molar-refractivity contribution is 0.686. The van der Waals surface area contributed by atoms with E-state index in [1.165, 1.54) is 16.0 Å². The van der Waals surface area contributed by atoms with E-state index in [1.807, 2.05) is 13.8 Å². The largest absolute Gasteiger partial charge is 0.357 e. The molecule has 0 saturated carbocycles. The Labute approximate surface area is 149 Å². The second-order valence-electron chi connectivity index (χ2n) is 5.90. The molecule has 1 heterocycles. The van der Waals surface area contributed by atoms with Crippen molar-refractivity contribution in [1.82, 2.24) is 15.6 Å². The standard InChI is InChI=1S/C19H28N4S/c1-6-16-8-10-17(11-9-16)13(3)23-19(20-7-2)21-12-18-14(4)22-15(5)24-18/h8-11,13H,6-7,12H2,1-5H3,(H2,20,21,23). The molecule has 0 aliphatic rings. The van der Waals surface area contributed by atoms with Gasteiger partial charge in [0, 0.05) is 11.4 Å². The van der Waals surface area contributed by atoms with Gasteiger partial charge < -0.3 is 10.6 Å². The molecule has 0 bridgehead atoms. The number of rotatable bonds is 6. The van der Waals surface area contributed by atoms with Gasteiger partial charge in [0.2, 0.25) is 0 Å². The number of aryl methyl sites for hydroxylation is 3. The third kappa shape index (κ3) is 5.06. The van der Waals surface area contributed by atoms with Crippen molar-refractivity contribution in [2.24, 2.45) is 4.99 Å². The van der Waals surface area contributed by atoms with E-state index >= 15 is 0 Å². The van der Waals surface area contributed by atoms with Crippen LogP contribution in [0.15, 0.2) is 29.3 Å². The van der Waals surface area contributed by atoms with Crippen LogP contribution in [0.25, 0.3) is 0 Å². The molecular weight excluding hydrogens is 316 g/mol. The molecule has 0 fully saturated rings. The van der Waals surface area contributed by atoms with Crippen LogP contribution < -0.4 is 10.6 Å². The van der Waals surface area contributed by atoms with Gasteiger partial charge in [0.15, 0.2) is 5.96 Å². The van der Waals surface area contributed by atoms with Gasteiger partial charge in [-0.05, 0) is 45.2 Å². The number of hydrogen-bond acceptors (Lipinski definition) is 3. The molecule has 0 saturated heterocycles. The summed E-state index contributed by atoms with van der Waals surface area (Å²) in [5, 5.41) is 7.91. The van der Waals surface area contributed by atoms with Gasteiger partial charge in [0.25, 0.3) is 0 Å². The molecule has 24 heavy (non-hydrogen) atoms. The van der Waals surface area contributed by atoms with Crippen LogP contribution in [0.4, 0.5) is 0 Å². The van der Waals surface area contributed by atoms with E-state index in [0.29, 0.717) is 6.54 Å². The van der Waals surface area contributed by atoms with Gasteiger partial charge in [0.05, 0.1) is 23.3 Å². The normalized spacial score (nSPS) is 13.0. The van der Waals surface area contributed by atoms with E-state index in [9.17, 15) is 0 Å². The van der Waals surface area contributed by atoms with Crippen molar-refractivity contribution in [1.29, 1.82) is 0 Å². The van der Waals surface area contributed by atoms with Crippen molar-refractivity contribution >= 4 is 17.3 Å². The Bertz CT molecular complexity index is 673. The van der Waals surface area contributed by atoms with Gasteiger partial charge in [-0.2, -0.15) is 0 Å². The average Bonchev–Trinajstić information content (AvgIpc) is 2.90. The molecule has 0 aliphatic heterocycles. The number of guanidine groups is 1. The number of nitrogens with zero attached hydrogens (tertiary/aromatic N) is 2. The predicted octanol–water partition coefficient (Wildman–Crippen LogP) is 4.14. The highest BCUT2D eigenvalue weighted by atomic mass is 32.1. The highest BCUT2D eigenvalue weighted by Gasteiger charge is 2.09. The number of aliphatic imine (C=N–C) groups is 1. The van der Waals surface area contributed by atoms with Crippen molar-refractivity contribution in [3.63, 3.8) is 0 Å². The Morgan fingerprint density at radius 1 is 1.21 bits per heavy atom. The molecule has 5 heteroatoms. The zero-order valence-corrected chi connectivity index (χ0v) is 16.1. The zero-order chi connectivity index (χ0) is 17.5. The van der Waals surface area contributed by atoms with E-state index in [2.05, 4.69) is 60.7 Å². The first-order valence-electron chi connectivity index (χ1n) is 8.60. The number of benzene rings is 1. The third-order valence-corrected chi connectivity index (χ3v) is 5.02. The van der Waals surface area contributed by atoms with Gasteiger partial charge in [-0.1, -0.05) is 31.2 Å². The SMILES string of the molecule is CCNC(=NCc1sc(C)nc1C)NC(C)c1ccc(CC)cc1. The molecule has 1 aromatic heterocycles. The summed E-state index contributed by atoms with van der Waals surface area (Å²) in [5.41, 5.74) is 3.71.